The second kappa shape index (κ2) is 4.98. The third kappa shape index (κ3) is 2.65. The summed E-state index contributed by atoms with van der Waals surface area (Å²) < 4.78 is 0. The number of rotatable bonds is 2. The lowest BCUT2D eigenvalue weighted by Crippen LogP contribution is -2.19. The fourth-order valence-corrected chi connectivity index (χ4v) is 4.55. The van der Waals surface area contributed by atoms with Crippen LogP contribution in [0.25, 0.3) is 0 Å². The molecule has 0 aromatic carbocycles. The van der Waals surface area contributed by atoms with Crippen LogP contribution < -0.4 is 0 Å². The minimum Gasteiger partial charge on any atom is -0.294 e. The molecule has 3 rings (SSSR count). The molecule has 0 N–H and O–H groups in total. The summed E-state index contributed by atoms with van der Waals surface area (Å²) in [5.74, 6) is 5.55. The van der Waals surface area contributed by atoms with Gasteiger partial charge in [-0.2, -0.15) is 0 Å². The zero-order chi connectivity index (χ0) is 12.7. The van der Waals surface area contributed by atoms with Crippen molar-refractivity contribution >= 4 is 6.21 Å². The van der Waals surface area contributed by atoms with Gasteiger partial charge in [0.15, 0.2) is 0 Å². The second-order valence-electron chi connectivity index (χ2n) is 7.66. The van der Waals surface area contributed by atoms with Crippen LogP contribution in [0.5, 0.6) is 0 Å². The Labute approximate surface area is 112 Å². The molecule has 7 atom stereocenters. The summed E-state index contributed by atoms with van der Waals surface area (Å²) in [4.78, 5) is 4.91. The average Bonchev–Trinajstić information content (AvgIpc) is 2.90. The van der Waals surface area contributed by atoms with Crippen molar-refractivity contribution in [3.8, 4) is 0 Å². The maximum absolute atomic E-state index is 4.91. The Morgan fingerprint density at radius 2 is 1.67 bits per heavy atom. The summed E-state index contributed by atoms with van der Waals surface area (Å²) in [6.45, 7) is 7.29. The van der Waals surface area contributed by atoms with Crippen LogP contribution in [-0.4, -0.2) is 12.3 Å². The fraction of sp³-hybridized carbons (Fsp3) is 0.941. The Morgan fingerprint density at radius 1 is 0.889 bits per heavy atom. The molecule has 3 aliphatic rings. The molecule has 1 aliphatic heterocycles. The molecule has 0 aromatic heterocycles. The number of aliphatic imine (C=N–C) groups is 1. The van der Waals surface area contributed by atoms with E-state index in [4.69, 9.17) is 4.99 Å². The Bertz CT molecular complexity index is 322. The minimum atomic E-state index is 0.676. The van der Waals surface area contributed by atoms with E-state index in [0.29, 0.717) is 6.04 Å². The number of hydrogen-bond acceptors (Lipinski definition) is 1. The van der Waals surface area contributed by atoms with Crippen LogP contribution in [0.3, 0.4) is 0 Å². The summed E-state index contributed by atoms with van der Waals surface area (Å²) in [6, 6.07) is 0.676. The summed E-state index contributed by atoms with van der Waals surface area (Å²) in [7, 11) is 0. The smallest absolute Gasteiger partial charge is 0.0530 e. The zero-order valence-corrected chi connectivity index (χ0v) is 12.3. The van der Waals surface area contributed by atoms with Crippen LogP contribution in [-0.2, 0) is 0 Å². The van der Waals surface area contributed by atoms with Gasteiger partial charge in [0.2, 0.25) is 0 Å². The molecule has 18 heavy (non-hydrogen) atoms. The van der Waals surface area contributed by atoms with Gasteiger partial charge >= 0.3 is 0 Å². The third-order valence-electron chi connectivity index (χ3n) is 5.79. The molecule has 0 amide bonds. The lowest BCUT2D eigenvalue weighted by molar-refractivity contribution is 0.319. The van der Waals surface area contributed by atoms with Crippen molar-refractivity contribution < 1.29 is 0 Å². The van der Waals surface area contributed by atoms with Gasteiger partial charge in [-0.15, -0.1) is 0 Å². The highest BCUT2D eigenvalue weighted by atomic mass is 14.8. The average molecular weight is 247 g/mol. The molecule has 0 saturated heterocycles. The van der Waals surface area contributed by atoms with Crippen molar-refractivity contribution in [3.05, 3.63) is 0 Å². The van der Waals surface area contributed by atoms with Crippen LogP contribution >= 0.6 is 0 Å². The first-order valence-corrected chi connectivity index (χ1v) is 8.16. The summed E-state index contributed by atoms with van der Waals surface area (Å²) in [5.41, 5.74) is 0. The van der Waals surface area contributed by atoms with E-state index in [1.165, 1.54) is 38.5 Å². The number of hydrogen-bond donors (Lipinski definition) is 0. The molecular formula is C17H29N. The Morgan fingerprint density at radius 3 is 2.39 bits per heavy atom. The molecule has 0 radical (unpaired) electrons. The SMILES string of the molecule is CC1CCC(C2CC(C3CC3C)C=N2)CC(C)C1. The topological polar surface area (TPSA) is 12.4 Å². The van der Waals surface area contributed by atoms with E-state index in [0.717, 1.165) is 35.5 Å². The highest BCUT2D eigenvalue weighted by Crippen LogP contribution is 2.48. The quantitative estimate of drug-likeness (QED) is 0.634. The van der Waals surface area contributed by atoms with Crippen molar-refractivity contribution in [2.24, 2.45) is 40.5 Å². The van der Waals surface area contributed by atoms with Gasteiger partial charge in [0.25, 0.3) is 0 Å². The molecule has 1 heteroatoms. The van der Waals surface area contributed by atoms with Crippen LogP contribution in [0.1, 0.15) is 59.3 Å². The lowest BCUT2D eigenvalue weighted by atomic mass is 9.85. The molecule has 1 nitrogen and oxygen atoms in total. The van der Waals surface area contributed by atoms with Crippen molar-refractivity contribution in [2.75, 3.05) is 0 Å². The summed E-state index contributed by atoms with van der Waals surface area (Å²) >= 11 is 0. The normalized spacial score (nSPS) is 52.3. The van der Waals surface area contributed by atoms with Crippen LogP contribution in [0.2, 0.25) is 0 Å². The zero-order valence-electron chi connectivity index (χ0n) is 12.3. The Balaban J connectivity index is 1.57. The molecule has 0 spiro atoms. The predicted molar refractivity (Wildman–Crippen MR) is 77.9 cm³/mol. The lowest BCUT2D eigenvalue weighted by Gasteiger charge is -2.22. The maximum atomic E-state index is 4.91. The van der Waals surface area contributed by atoms with Gasteiger partial charge in [-0.3, -0.25) is 4.99 Å². The van der Waals surface area contributed by atoms with E-state index in [2.05, 4.69) is 27.0 Å². The van der Waals surface area contributed by atoms with E-state index < -0.39 is 0 Å². The van der Waals surface area contributed by atoms with Crippen LogP contribution in [0, 0.1) is 35.5 Å². The van der Waals surface area contributed by atoms with Crippen LogP contribution in [0.15, 0.2) is 4.99 Å². The van der Waals surface area contributed by atoms with E-state index >= 15 is 0 Å². The van der Waals surface area contributed by atoms with Gasteiger partial charge in [-0.1, -0.05) is 27.2 Å². The Kier molecular flexibility index (Phi) is 3.51. The van der Waals surface area contributed by atoms with Gasteiger partial charge in [0, 0.05) is 6.21 Å². The van der Waals surface area contributed by atoms with Crippen LogP contribution in [0.4, 0.5) is 0 Å². The summed E-state index contributed by atoms with van der Waals surface area (Å²) in [6.07, 6.45) is 10.9. The molecule has 2 aliphatic carbocycles. The minimum absolute atomic E-state index is 0.676. The first-order valence-electron chi connectivity index (χ1n) is 8.16. The van der Waals surface area contributed by atoms with Gasteiger partial charge in [-0.25, -0.2) is 0 Å². The third-order valence-corrected chi connectivity index (χ3v) is 5.79. The molecule has 1 heterocycles. The van der Waals surface area contributed by atoms with E-state index in [1.54, 1.807) is 0 Å². The first-order chi connectivity index (χ1) is 8.63. The largest absolute Gasteiger partial charge is 0.294 e. The van der Waals surface area contributed by atoms with Crippen molar-refractivity contribution in [1.29, 1.82) is 0 Å². The highest BCUT2D eigenvalue weighted by molar-refractivity contribution is 5.64. The molecule has 0 aromatic rings. The molecule has 2 fully saturated rings. The van der Waals surface area contributed by atoms with Gasteiger partial charge < -0.3 is 0 Å². The van der Waals surface area contributed by atoms with Gasteiger partial charge in [0.05, 0.1) is 6.04 Å². The Hall–Kier alpha value is -0.330. The second-order valence-corrected chi connectivity index (χ2v) is 7.66. The maximum Gasteiger partial charge on any atom is 0.0530 e. The molecule has 2 saturated carbocycles. The predicted octanol–water partition coefficient (Wildman–Crippen LogP) is 4.56. The van der Waals surface area contributed by atoms with E-state index in [-0.39, 0.29) is 0 Å². The molecule has 7 unspecified atom stereocenters. The monoisotopic (exact) mass is 247 g/mol. The van der Waals surface area contributed by atoms with Crippen molar-refractivity contribution in [3.63, 3.8) is 0 Å². The molecule has 0 bridgehead atoms. The van der Waals surface area contributed by atoms with Crippen molar-refractivity contribution in [1.82, 2.24) is 0 Å². The van der Waals surface area contributed by atoms with Gasteiger partial charge in [0.1, 0.15) is 0 Å². The van der Waals surface area contributed by atoms with Crippen molar-refractivity contribution in [2.45, 2.75) is 65.3 Å². The highest BCUT2D eigenvalue weighted by Gasteiger charge is 2.42. The van der Waals surface area contributed by atoms with E-state index in [1.807, 2.05) is 0 Å². The number of nitrogens with zero attached hydrogens (tertiary/aromatic N) is 1. The first kappa shape index (κ1) is 12.7. The van der Waals surface area contributed by atoms with E-state index in [9.17, 15) is 0 Å². The van der Waals surface area contributed by atoms with Gasteiger partial charge in [-0.05, 0) is 67.6 Å². The fourth-order valence-electron chi connectivity index (χ4n) is 4.55. The summed E-state index contributed by atoms with van der Waals surface area (Å²) in [5, 5.41) is 0. The standard InChI is InChI=1S/C17H29N/c1-11-4-5-14(7-12(2)6-11)17-9-15(10-18-17)16-8-13(16)3/h10-17H,4-9H2,1-3H3. The molecule has 102 valence electrons. The molecular weight excluding hydrogens is 218 g/mol.